The second-order valence-corrected chi connectivity index (χ2v) is 4.08. The highest BCUT2D eigenvalue weighted by Crippen LogP contribution is 2.15. The van der Waals surface area contributed by atoms with Gasteiger partial charge in [0.05, 0.1) is 6.20 Å². The Hall–Kier alpha value is -2.37. The number of aromatic amines is 1. The molecule has 1 heterocycles. The average Bonchev–Trinajstić information content (AvgIpc) is 2.90. The first-order valence-corrected chi connectivity index (χ1v) is 5.76. The van der Waals surface area contributed by atoms with Crippen molar-refractivity contribution in [1.82, 2.24) is 15.1 Å². The molecule has 0 spiro atoms. The van der Waals surface area contributed by atoms with Gasteiger partial charge in [0.1, 0.15) is 0 Å². The number of H-pyrrole nitrogens is 1. The molecule has 0 saturated carbocycles. The maximum Gasteiger partial charge on any atom is 0.260 e. The van der Waals surface area contributed by atoms with Gasteiger partial charge in [-0.15, -0.1) is 0 Å². The van der Waals surface area contributed by atoms with Crippen LogP contribution in [0.3, 0.4) is 0 Å². The summed E-state index contributed by atoms with van der Waals surface area (Å²) in [4.78, 5) is 13.3. The molecule has 0 radical (unpaired) electrons. The van der Waals surface area contributed by atoms with E-state index in [-0.39, 0.29) is 18.3 Å². The Bertz CT molecular complexity index is 543. The number of benzene rings is 1. The van der Waals surface area contributed by atoms with Crippen molar-refractivity contribution < 1.29 is 13.9 Å². The van der Waals surface area contributed by atoms with Gasteiger partial charge in [-0.05, 0) is 12.1 Å². The fourth-order valence-electron chi connectivity index (χ4n) is 1.54. The molecule has 1 aromatic carbocycles. The normalized spacial score (nSPS) is 10.2. The molecule has 6 heteroatoms. The highest BCUT2D eigenvalue weighted by Gasteiger charge is 2.11. The summed E-state index contributed by atoms with van der Waals surface area (Å²) < 4.78 is 18.4. The highest BCUT2D eigenvalue weighted by atomic mass is 19.1. The molecule has 0 fully saturated rings. The van der Waals surface area contributed by atoms with Crippen LogP contribution >= 0.6 is 0 Å². The molecular weight excluding hydrogens is 249 g/mol. The number of amides is 1. The first-order valence-electron chi connectivity index (χ1n) is 5.76. The summed E-state index contributed by atoms with van der Waals surface area (Å²) in [6, 6.07) is 5.99. The number of aromatic nitrogens is 2. The van der Waals surface area contributed by atoms with Crippen LogP contribution in [0.2, 0.25) is 0 Å². The van der Waals surface area contributed by atoms with Crippen LogP contribution in [0.25, 0.3) is 0 Å². The largest absolute Gasteiger partial charge is 0.481 e. The minimum absolute atomic E-state index is 0.0764. The van der Waals surface area contributed by atoms with Gasteiger partial charge in [0.25, 0.3) is 5.91 Å². The van der Waals surface area contributed by atoms with Crippen molar-refractivity contribution in [1.29, 1.82) is 0 Å². The number of carbonyl (C=O) groups is 1. The molecule has 19 heavy (non-hydrogen) atoms. The van der Waals surface area contributed by atoms with Gasteiger partial charge in [0, 0.05) is 25.4 Å². The van der Waals surface area contributed by atoms with Crippen LogP contribution in [-0.4, -0.2) is 34.7 Å². The molecule has 0 aliphatic heterocycles. The Morgan fingerprint density at radius 2 is 2.26 bits per heavy atom. The van der Waals surface area contributed by atoms with Crippen molar-refractivity contribution in [3.63, 3.8) is 0 Å². The Labute approximate surface area is 110 Å². The Kier molecular flexibility index (Phi) is 4.12. The first-order chi connectivity index (χ1) is 9.16. The van der Waals surface area contributed by atoms with E-state index in [2.05, 4.69) is 10.2 Å². The van der Waals surface area contributed by atoms with Crippen LogP contribution < -0.4 is 4.74 Å². The summed E-state index contributed by atoms with van der Waals surface area (Å²) in [6.07, 6.45) is 3.35. The lowest BCUT2D eigenvalue weighted by Crippen LogP contribution is -2.30. The lowest BCUT2D eigenvalue weighted by Gasteiger charge is -2.16. The van der Waals surface area contributed by atoms with Crippen LogP contribution in [-0.2, 0) is 11.3 Å². The van der Waals surface area contributed by atoms with E-state index in [9.17, 15) is 9.18 Å². The van der Waals surface area contributed by atoms with Crippen molar-refractivity contribution >= 4 is 5.91 Å². The maximum atomic E-state index is 13.3. The third-order valence-electron chi connectivity index (χ3n) is 2.59. The number of nitrogens with zero attached hydrogens (tertiary/aromatic N) is 2. The molecule has 0 atom stereocenters. The molecule has 0 aliphatic carbocycles. The van der Waals surface area contributed by atoms with Gasteiger partial charge in [-0.25, -0.2) is 4.39 Å². The number of para-hydroxylation sites is 1. The maximum absolute atomic E-state index is 13.3. The van der Waals surface area contributed by atoms with Crippen LogP contribution in [0.1, 0.15) is 5.56 Å². The van der Waals surface area contributed by atoms with Crippen LogP contribution in [0.5, 0.6) is 5.75 Å². The van der Waals surface area contributed by atoms with Gasteiger partial charge in [0.2, 0.25) is 0 Å². The van der Waals surface area contributed by atoms with Gasteiger partial charge in [-0.1, -0.05) is 12.1 Å². The van der Waals surface area contributed by atoms with Gasteiger partial charge >= 0.3 is 0 Å². The zero-order valence-corrected chi connectivity index (χ0v) is 10.5. The quantitative estimate of drug-likeness (QED) is 0.891. The van der Waals surface area contributed by atoms with E-state index in [1.54, 1.807) is 31.6 Å². The number of ether oxygens (including phenoxy) is 1. The summed E-state index contributed by atoms with van der Waals surface area (Å²) in [7, 11) is 1.65. The zero-order chi connectivity index (χ0) is 13.7. The SMILES string of the molecule is CN(Cc1cn[nH]c1)C(=O)COc1ccccc1F. The summed E-state index contributed by atoms with van der Waals surface area (Å²) in [5, 5.41) is 6.47. The molecule has 0 bridgehead atoms. The van der Waals surface area contributed by atoms with Crippen molar-refractivity contribution in [2.45, 2.75) is 6.54 Å². The molecule has 1 N–H and O–H groups in total. The molecule has 0 aliphatic rings. The molecule has 0 unspecified atom stereocenters. The number of rotatable bonds is 5. The predicted octanol–water partition coefficient (Wildman–Crippen LogP) is 1.59. The molecule has 2 rings (SSSR count). The Morgan fingerprint density at radius 3 is 2.95 bits per heavy atom. The minimum Gasteiger partial charge on any atom is -0.481 e. The third kappa shape index (κ3) is 3.54. The van der Waals surface area contributed by atoms with Crippen molar-refractivity contribution in [3.05, 3.63) is 48.0 Å². The first kappa shape index (κ1) is 13.1. The molecule has 2 aromatic rings. The van der Waals surface area contributed by atoms with E-state index in [1.165, 1.54) is 17.0 Å². The van der Waals surface area contributed by atoms with Crippen LogP contribution in [0.15, 0.2) is 36.7 Å². The third-order valence-corrected chi connectivity index (χ3v) is 2.59. The van der Waals surface area contributed by atoms with E-state index < -0.39 is 5.82 Å². The topological polar surface area (TPSA) is 58.2 Å². The monoisotopic (exact) mass is 263 g/mol. The zero-order valence-electron chi connectivity index (χ0n) is 10.5. The molecular formula is C13H14FN3O2. The van der Waals surface area contributed by atoms with Crippen molar-refractivity contribution in [3.8, 4) is 5.75 Å². The second-order valence-electron chi connectivity index (χ2n) is 4.08. The smallest absolute Gasteiger partial charge is 0.260 e. The molecule has 1 aromatic heterocycles. The fraction of sp³-hybridized carbons (Fsp3) is 0.231. The summed E-state index contributed by atoms with van der Waals surface area (Å²) in [5.41, 5.74) is 0.891. The predicted molar refractivity (Wildman–Crippen MR) is 67.0 cm³/mol. The number of nitrogens with one attached hydrogen (secondary N) is 1. The Balaban J connectivity index is 1.86. The van der Waals surface area contributed by atoms with E-state index in [4.69, 9.17) is 4.74 Å². The van der Waals surface area contributed by atoms with Gasteiger partial charge < -0.3 is 9.64 Å². The van der Waals surface area contributed by atoms with Crippen molar-refractivity contribution in [2.24, 2.45) is 0 Å². The fourth-order valence-corrected chi connectivity index (χ4v) is 1.54. The van der Waals surface area contributed by atoms with Crippen LogP contribution in [0, 0.1) is 5.82 Å². The van der Waals surface area contributed by atoms with Crippen LogP contribution in [0.4, 0.5) is 4.39 Å². The number of hydrogen-bond donors (Lipinski definition) is 1. The second kappa shape index (κ2) is 5.99. The molecule has 1 amide bonds. The molecule has 5 nitrogen and oxygen atoms in total. The van der Waals surface area contributed by atoms with E-state index in [0.29, 0.717) is 6.54 Å². The van der Waals surface area contributed by atoms with E-state index in [1.807, 2.05) is 0 Å². The highest BCUT2D eigenvalue weighted by molar-refractivity contribution is 5.77. The van der Waals surface area contributed by atoms with E-state index >= 15 is 0 Å². The summed E-state index contributed by atoms with van der Waals surface area (Å²) in [5.74, 6) is -0.634. The van der Waals surface area contributed by atoms with Gasteiger partial charge in [0.15, 0.2) is 18.2 Å². The number of hydrogen-bond acceptors (Lipinski definition) is 3. The molecule has 0 saturated heterocycles. The van der Waals surface area contributed by atoms with E-state index in [0.717, 1.165) is 5.56 Å². The number of halogens is 1. The number of likely N-dealkylation sites (N-methyl/N-ethyl adjacent to an activating group) is 1. The Morgan fingerprint density at radius 1 is 1.47 bits per heavy atom. The average molecular weight is 263 g/mol. The lowest BCUT2D eigenvalue weighted by atomic mass is 10.3. The molecule has 100 valence electrons. The summed E-state index contributed by atoms with van der Waals surface area (Å²) >= 11 is 0. The van der Waals surface area contributed by atoms with Gasteiger partial charge in [-0.3, -0.25) is 9.89 Å². The lowest BCUT2D eigenvalue weighted by molar-refractivity contribution is -0.132. The van der Waals surface area contributed by atoms with Gasteiger partial charge in [-0.2, -0.15) is 5.10 Å². The van der Waals surface area contributed by atoms with Crippen molar-refractivity contribution in [2.75, 3.05) is 13.7 Å². The minimum atomic E-state index is -0.479. The number of carbonyl (C=O) groups excluding carboxylic acids is 1. The summed E-state index contributed by atoms with van der Waals surface area (Å²) in [6.45, 7) is 0.227. The standard InChI is InChI=1S/C13H14FN3O2/c1-17(8-10-6-15-16-7-10)13(18)9-19-12-5-3-2-4-11(12)14/h2-7H,8-9H2,1H3,(H,15,16).